The van der Waals surface area contributed by atoms with Gasteiger partial charge in [0.05, 0.1) is 18.0 Å². The lowest BCUT2D eigenvalue weighted by Crippen LogP contribution is -2.09. The van der Waals surface area contributed by atoms with Crippen LogP contribution in [0.3, 0.4) is 0 Å². The number of carbonyl (C=O) groups is 1. The van der Waals surface area contributed by atoms with Gasteiger partial charge in [0.1, 0.15) is 4.60 Å². The number of alkyl halides is 2. The van der Waals surface area contributed by atoms with E-state index >= 15 is 0 Å². The van der Waals surface area contributed by atoms with E-state index in [9.17, 15) is 13.6 Å². The third kappa shape index (κ3) is 2.98. The molecule has 1 heterocycles. The number of nitrogens with zero attached hydrogens (tertiary/aromatic N) is 1. The minimum absolute atomic E-state index is 0.184. The number of hydrogen-bond acceptors (Lipinski definition) is 3. The predicted molar refractivity (Wildman–Crippen MR) is 60.3 cm³/mol. The van der Waals surface area contributed by atoms with Crippen LogP contribution in [0.25, 0.3) is 0 Å². The van der Waals surface area contributed by atoms with Gasteiger partial charge in [-0.05, 0) is 37.4 Å². The van der Waals surface area contributed by atoms with E-state index in [2.05, 4.69) is 41.6 Å². The molecule has 0 bridgehead atoms. The van der Waals surface area contributed by atoms with Gasteiger partial charge >= 0.3 is 5.97 Å². The predicted octanol–water partition coefficient (Wildman–Crippen LogP) is 3.26. The maximum atomic E-state index is 12.7. The molecule has 1 aromatic rings. The van der Waals surface area contributed by atoms with Crippen molar-refractivity contribution in [2.45, 2.75) is 12.8 Å². The van der Waals surface area contributed by atoms with E-state index in [1.54, 1.807) is 0 Å². The van der Waals surface area contributed by atoms with Crippen molar-refractivity contribution in [3.8, 4) is 0 Å². The highest BCUT2D eigenvalue weighted by molar-refractivity contribution is 9.13. The molecule has 3 nitrogen and oxygen atoms in total. The fourth-order valence-corrected chi connectivity index (χ4v) is 1.91. The van der Waals surface area contributed by atoms with Gasteiger partial charge in [-0.1, -0.05) is 0 Å². The molecule has 1 rings (SSSR count). The molecule has 0 aromatic carbocycles. The summed E-state index contributed by atoms with van der Waals surface area (Å²) in [7, 11) is 1.20. The minimum Gasteiger partial charge on any atom is -0.469 e. The van der Waals surface area contributed by atoms with Crippen LogP contribution < -0.4 is 0 Å². The van der Waals surface area contributed by atoms with E-state index in [0.29, 0.717) is 9.08 Å². The van der Waals surface area contributed by atoms with Gasteiger partial charge in [0.15, 0.2) is 0 Å². The van der Waals surface area contributed by atoms with Crippen LogP contribution in [0.1, 0.15) is 17.6 Å². The van der Waals surface area contributed by atoms with Crippen LogP contribution in [0.5, 0.6) is 0 Å². The summed E-state index contributed by atoms with van der Waals surface area (Å²) in [6.07, 6.45) is -1.87. The largest absolute Gasteiger partial charge is 0.469 e. The molecule has 0 aliphatic heterocycles. The maximum absolute atomic E-state index is 12.7. The van der Waals surface area contributed by atoms with Crippen molar-refractivity contribution in [2.24, 2.45) is 0 Å². The normalized spacial score (nSPS) is 10.6. The Labute approximate surface area is 107 Å². The Balaban J connectivity index is 3.20. The zero-order valence-electron chi connectivity index (χ0n) is 8.14. The molecule has 0 spiro atoms. The quantitative estimate of drug-likeness (QED) is 0.615. The minimum atomic E-state index is -2.68. The van der Waals surface area contributed by atoms with Gasteiger partial charge in [-0.2, -0.15) is 0 Å². The van der Waals surface area contributed by atoms with E-state index in [1.807, 2.05) is 0 Å². The number of aromatic nitrogens is 1. The Bertz CT molecular complexity index is 413. The van der Waals surface area contributed by atoms with Crippen molar-refractivity contribution in [3.63, 3.8) is 0 Å². The Hall–Kier alpha value is -0.560. The molecule has 0 N–H and O–H groups in total. The van der Waals surface area contributed by atoms with E-state index in [0.717, 1.165) is 6.20 Å². The third-order valence-corrected chi connectivity index (χ3v) is 3.88. The van der Waals surface area contributed by atoms with Crippen molar-refractivity contribution in [3.05, 3.63) is 26.4 Å². The van der Waals surface area contributed by atoms with Crippen LogP contribution >= 0.6 is 31.9 Å². The molecular formula is C9H7Br2F2NO2. The van der Waals surface area contributed by atoms with Gasteiger partial charge < -0.3 is 4.74 Å². The van der Waals surface area contributed by atoms with E-state index in [-0.39, 0.29) is 17.5 Å². The molecule has 0 aliphatic carbocycles. The Kier molecular flexibility index (Phi) is 4.79. The summed E-state index contributed by atoms with van der Waals surface area (Å²) in [6, 6.07) is 0. The molecule has 1 aromatic heterocycles. The topological polar surface area (TPSA) is 39.2 Å². The Morgan fingerprint density at radius 1 is 1.56 bits per heavy atom. The number of pyridine rings is 1. The summed E-state index contributed by atoms with van der Waals surface area (Å²) < 4.78 is 30.5. The standard InChI is InChI=1S/C9H7Br2F2NO2/c1-16-6(15)2-4-5(9(12)13)3-14-8(11)7(4)10/h3,9H,2H2,1H3. The van der Waals surface area contributed by atoms with Crippen molar-refractivity contribution < 1.29 is 18.3 Å². The molecule has 16 heavy (non-hydrogen) atoms. The highest BCUT2D eigenvalue weighted by atomic mass is 79.9. The van der Waals surface area contributed by atoms with Crippen LogP contribution in [0.2, 0.25) is 0 Å². The lowest BCUT2D eigenvalue weighted by Gasteiger charge is -2.10. The van der Waals surface area contributed by atoms with Gasteiger partial charge in [-0.25, -0.2) is 13.8 Å². The zero-order chi connectivity index (χ0) is 12.3. The van der Waals surface area contributed by atoms with Crippen molar-refractivity contribution in [1.82, 2.24) is 4.98 Å². The second kappa shape index (κ2) is 5.67. The summed E-state index contributed by atoms with van der Waals surface area (Å²) in [5, 5.41) is 0. The molecule has 0 aliphatic rings. The number of carbonyl (C=O) groups excluding carboxylic acids is 1. The summed E-state index contributed by atoms with van der Waals surface area (Å²) in [4.78, 5) is 14.8. The van der Waals surface area contributed by atoms with Gasteiger partial charge in [-0.15, -0.1) is 0 Å². The number of halogens is 4. The highest BCUT2D eigenvalue weighted by Gasteiger charge is 2.20. The molecule has 88 valence electrons. The smallest absolute Gasteiger partial charge is 0.310 e. The lowest BCUT2D eigenvalue weighted by molar-refractivity contribution is -0.139. The Morgan fingerprint density at radius 2 is 2.19 bits per heavy atom. The number of esters is 1. The van der Waals surface area contributed by atoms with Crippen molar-refractivity contribution in [1.29, 1.82) is 0 Å². The maximum Gasteiger partial charge on any atom is 0.310 e. The van der Waals surface area contributed by atoms with Gasteiger partial charge in [-0.3, -0.25) is 4.79 Å². The molecule has 0 unspecified atom stereocenters. The highest BCUT2D eigenvalue weighted by Crippen LogP contribution is 2.32. The van der Waals surface area contributed by atoms with Crippen LogP contribution in [0.4, 0.5) is 8.78 Å². The molecule has 0 fully saturated rings. The number of hydrogen-bond donors (Lipinski definition) is 0. The summed E-state index contributed by atoms with van der Waals surface area (Å²) in [5.74, 6) is -0.583. The first-order valence-electron chi connectivity index (χ1n) is 4.15. The van der Waals surface area contributed by atoms with Crippen LogP contribution in [-0.2, 0) is 16.0 Å². The first-order chi connectivity index (χ1) is 7.47. The van der Waals surface area contributed by atoms with Crippen LogP contribution in [-0.4, -0.2) is 18.1 Å². The lowest BCUT2D eigenvalue weighted by atomic mass is 10.1. The molecule has 7 heteroatoms. The fraction of sp³-hybridized carbons (Fsp3) is 0.333. The average Bonchev–Trinajstić information content (AvgIpc) is 2.24. The van der Waals surface area contributed by atoms with E-state index < -0.39 is 12.4 Å². The van der Waals surface area contributed by atoms with Gasteiger partial charge in [0.25, 0.3) is 6.43 Å². The first kappa shape index (κ1) is 13.5. The summed E-state index contributed by atoms with van der Waals surface area (Å²) >= 11 is 6.19. The summed E-state index contributed by atoms with van der Waals surface area (Å²) in [6.45, 7) is 0. The van der Waals surface area contributed by atoms with Crippen LogP contribution in [0, 0.1) is 0 Å². The SMILES string of the molecule is COC(=O)Cc1c(C(F)F)cnc(Br)c1Br. The number of ether oxygens (including phenoxy) is 1. The third-order valence-electron chi connectivity index (χ3n) is 1.90. The zero-order valence-corrected chi connectivity index (χ0v) is 11.3. The van der Waals surface area contributed by atoms with Crippen molar-refractivity contribution in [2.75, 3.05) is 7.11 Å². The second-order valence-corrected chi connectivity index (χ2v) is 4.39. The first-order valence-corrected chi connectivity index (χ1v) is 5.73. The summed E-state index contributed by atoms with van der Waals surface area (Å²) in [5.41, 5.74) is -0.0933. The number of rotatable bonds is 3. The van der Waals surface area contributed by atoms with Gasteiger partial charge in [0, 0.05) is 11.8 Å². The molecule has 0 radical (unpaired) electrons. The number of methoxy groups -OCH3 is 1. The average molecular weight is 359 g/mol. The second-order valence-electron chi connectivity index (χ2n) is 2.85. The van der Waals surface area contributed by atoms with Gasteiger partial charge in [0.2, 0.25) is 0 Å². The Morgan fingerprint density at radius 3 is 2.69 bits per heavy atom. The molecule has 0 amide bonds. The molecular weight excluding hydrogens is 352 g/mol. The van der Waals surface area contributed by atoms with E-state index in [4.69, 9.17) is 0 Å². The monoisotopic (exact) mass is 357 g/mol. The molecule has 0 saturated heterocycles. The molecule has 0 atom stereocenters. The molecule has 0 saturated carbocycles. The van der Waals surface area contributed by atoms with E-state index in [1.165, 1.54) is 7.11 Å². The fourth-order valence-electron chi connectivity index (χ4n) is 1.10. The van der Waals surface area contributed by atoms with Crippen LogP contribution in [0.15, 0.2) is 15.3 Å². The van der Waals surface area contributed by atoms with Crippen molar-refractivity contribution >= 4 is 37.8 Å².